The molecule has 7 heteroatoms. The molecule has 0 aliphatic carbocycles. The minimum absolute atomic E-state index is 0. The van der Waals surface area contributed by atoms with Crippen LogP contribution in [0.2, 0.25) is 0 Å². The van der Waals surface area contributed by atoms with Crippen LogP contribution in [-0.4, -0.2) is 27.8 Å². The van der Waals surface area contributed by atoms with Crippen molar-refractivity contribution in [3.05, 3.63) is 40.4 Å². The Balaban J connectivity index is 0.00000161. The van der Waals surface area contributed by atoms with Crippen molar-refractivity contribution < 1.29 is 9.84 Å². The number of phenolic OH excluding ortho intramolecular Hbond substituents is 1. The van der Waals surface area contributed by atoms with E-state index in [-0.39, 0.29) is 24.2 Å². The summed E-state index contributed by atoms with van der Waals surface area (Å²) in [5.41, 5.74) is 7.73. The van der Waals surface area contributed by atoms with Gasteiger partial charge in [0.2, 0.25) is 0 Å². The number of nitrogens with zero attached hydrogens (tertiary/aromatic N) is 1. The average molecular weight is 328 g/mol. The van der Waals surface area contributed by atoms with E-state index in [2.05, 4.69) is 9.55 Å². The molecule has 0 saturated heterocycles. The van der Waals surface area contributed by atoms with Crippen molar-refractivity contribution in [2.24, 2.45) is 5.73 Å². The van der Waals surface area contributed by atoms with Crippen LogP contribution in [0, 0.1) is 4.77 Å². The average Bonchev–Trinajstić information content (AvgIpc) is 2.79. The van der Waals surface area contributed by atoms with E-state index in [1.165, 1.54) is 0 Å². The summed E-state index contributed by atoms with van der Waals surface area (Å²) in [4.78, 5) is 3.07. The molecule has 0 amide bonds. The van der Waals surface area contributed by atoms with Crippen molar-refractivity contribution >= 4 is 24.6 Å². The molecule has 114 valence electrons. The third kappa shape index (κ3) is 3.07. The Morgan fingerprint density at radius 3 is 3.05 bits per heavy atom. The monoisotopic (exact) mass is 327 g/mol. The molecular weight excluding hydrogens is 310 g/mol. The first kappa shape index (κ1) is 15.9. The number of aromatic hydroxyl groups is 1. The van der Waals surface area contributed by atoms with E-state index in [0.29, 0.717) is 17.9 Å². The number of nitrogens with two attached hydrogens (primary N) is 1. The largest absolute Gasteiger partial charge is 0.508 e. The first-order valence-corrected chi connectivity index (χ1v) is 7.03. The molecule has 2 aromatic rings. The zero-order valence-electron chi connectivity index (χ0n) is 11.4. The summed E-state index contributed by atoms with van der Waals surface area (Å²) >= 11 is 5.35. The lowest BCUT2D eigenvalue weighted by Gasteiger charge is -2.27. The third-order valence-electron chi connectivity index (χ3n) is 3.59. The van der Waals surface area contributed by atoms with E-state index in [1.54, 1.807) is 18.2 Å². The molecule has 1 aromatic heterocycles. The summed E-state index contributed by atoms with van der Waals surface area (Å²) < 4.78 is 8.54. The number of H-pyrrole nitrogens is 1. The maximum Gasteiger partial charge on any atom is 0.177 e. The molecule has 1 aromatic carbocycles. The number of benzene rings is 1. The zero-order valence-corrected chi connectivity index (χ0v) is 13.0. The van der Waals surface area contributed by atoms with Crippen molar-refractivity contribution in [2.75, 3.05) is 13.2 Å². The minimum Gasteiger partial charge on any atom is -0.508 e. The number of imidazole rings is 1. The van der Waals surface area contributed by atoms with Crippen molar-refractivity contribution in [1.82, 2.24) is 9.55 Å². The van der Waals surface area contributed by atoms with Crippen molar-refractivity contribution in [3.8, 4) is 11.5 Å². The van der Waals surface area contributed by atoms with E-state index in [4.69, 9.17) is 22.7 Å². The van der Waals surface area contributed by atoms with E-state index < -0.39 is 0 Å². The Morgan fingerprint density at radius 2 is 2.29 bits per heavy atom. The number of aromatic nitrogens is 2. The normalized spacial score (nSPS) is 16.7. The van der Waals surface area contributed by atoms with Gasteiger partial charge in [-0.15, -0.1) is 12.4 Å². The Labute approximate surface area is 134 Å². The van der Waals surface area contributed by atoms with Crippen LogP contribution in [0.5, 0.6) is 11.5 Å². The molecule has 0 bridgehead atoms. The lowest BCUT2D eigenvalue weighted by Crippen LogP contribution is -2.26. The quantitative estimate of drug-likeness (QED) is 0.756. The maximum atomic E-state index is 9.59. The highest BCUT2D eigenvalue weighted by Gasteiger charge is 2.23. The number of halogens is 1. The number of phenols is 1. The first-order chi connectivity index (χ1) is 9.69. The zero-order chi connectivity index (χ0) is 14.1. The molecule has 2 heterocycles. The SMILES string of the molecule is Cl.NCCc1c[nH]c(=S)n1[C@@H]1COc2ccc(O)cc2C1. The van der Waals surface area contributed by atoms with Gasteiger partial charge in [-0.2, -0.15) is 0 Å². The molecule has 0 unspecified atom stereocenters. The molecule has 1 aliphatic rings. The summed E-state index contributed by atoms with van der Waals surface area (Å²) in [5, 5.41) is 9.59. The van der Waals surface area contributed by atoms with Crippen molar-refractivity contribution in [3.63, 3.8) is 0 Å². The predicted octanol–water partition coefficient (Wildman–Crippen LogP) is 2.35. The highest BCUT2D eigenvalue weighted by molar-refractivity contribution is 7.71. The number of aromatic amines is 1. The molecule has 1 atom stereocenters. The van der Waals surface area contributed by atoms with E-state index in [0.717, 1.165) is 29.8 Å². The number of nitrogens with one attached hydrogen (secondary N) is 1. The van der Waals surface area contributed by atoms with Crippen molar-refractivity contribution in [2.45, 2.75) is 18.9 Å². The first-order valence-electron chi connectivity index (χ1n) is 6.62. The fraction of sp³-hybridized carbons (Fsp3) is 0.357. The smallest absolute Gasteiger partial charge is 0.177 e. The summed E-state index contributed by atoms with van der Waals surface area (Å²) in [7, 11) is 0. The summed E-state index contributed by atoms with van der Waals surface area (Å²) in [6, 6.07) is 5.32. The number of hydrogen-bond donors (Lipinski definition) is 3. The van der Waals surface area contributed by atoms with E-state index in [9.17, 15) is 5.11 Å². The molecule has 0 radical (unpaired) electrons. The molecule has 0 spiro atoms. The summed E-state index contributed by atoms with van der Waals surface area (Å²) in [5.74, 6) is 1.09. The minimum atomic E-state index is 0. The summed E-state index contributed by atoms with van der Waals surface area (Å²) in [6.45, 7) is 1.15. The Morgan fingerprint density at radius 1 is 1.48 bits per heavy atom. The lowest BCUT2D eigenvalue weighted by molar-refractivity contribution is 0.220. The molecule has 4 N–H and O–H groups in total. The van der Waals surface area contributed by atoms with Gasteiger partial charge in [-0.05, 0) is 42.5 Å². The highest BCUT2D eigenvalue weighted by atomic mass is 35.5. The molecule has 3 rings (SSSR count). The second-order valence-corrected chi connectivity index (χ2v) is 5.34. The highest BCUT2D eigenvalue weighted by Crippen LogP contribution is 2.32. The molecule has 0 fully saturated rings. The van der Waals surface area contributed by atoms with Crippen LogP contribution in [0.25, 0.3) is 0 Å². The standard InChI is InChI=1S/C14H17N3O2S.ClH/c15-4-3-10-7-16-14(20)17(10)11-5-9-6-12(18)1-2-13(9)19-8-11;/h1-2,6-7,11,18H,3-5,8,15H2,(H,16,20);1H/t11-;/m0./s1. The fourth-order valence-electron chi connectivity index (χ4n) is 2.69. The van der Waals surface area contributed by atoms with Gasteiger partial charge in [0.25, 0.3) is 0 Å². The van der Waals surface area contributed by atoms with Crippen LogP contribution in [0.15, 0.2) is 24.4 Å². The third-order valence-corrected chi connectivity index (χ3v) is 3.90. The van der Waals surface area contributed by atoms with Crippen LogP contribution in [0.3, 0.4) is 0 Å². The Bertz CT molecular complexity index is 683. The second kappa shape index (κ2) is 6.51. The number of fused-ring (bicyclic) bond motifs is 1. The van der Waals surface area contributed by atoms with Gasteiger partial charge in [-0.1, -0.05) is 0 Å². The maximum absolute atomic E-state index is 9.59. The second-order valence-electron chi connectivity index (χ2n) is 4.95. The Kier molecular flexibility index (Phi) is 4.92. The van der Waals surface area contributed by atoms with Gasteiger partial charge in [0.05, 0.1) is 6.04 Å². The van der Waals surface area contributed by atoms with Crippen LogP contribution < -0.4 is 10.5 Å². The van der Waals surface area contributed by atoms with E-state index in [1.807, 2.05) is 6.20 Å². The fourth-order valence-corrected chi connectivity index (χ4v) is 3.01. The number of hydrogen-bond acceptors (Lipinski definition) is 4. The predicted molar refractivity (Wildman–Crippen MR) is 86.0 cm³/mol. The van der Waals surface area contributed by atoms with E-state index >= 15 is 0 Å². The number of rotatable bonds is 3. The van der Waals surface area contributed by atoms with Crippen molar-refractivity contribution in [1.29, 1.82) is 0 Å². The van der Waals surface area contributed by atoms with Gasteiger partial charge in [0.15, 0.2) is 4.77 Å². The molecule has 1 aliphatic heterocycles. The van der Waals surface area contributed by atoms with Crippen LogP contribution in [0.1, 0.15) is 17.3 Å². The van der Waals surface area contributed by atoms with Gasteiger partial charge >= 0.3 is 0 Å². The van der Waals surface area contributed by atoms with Gasteiger partial charge in [0.1, 0.15) is 18.1 Å². The molecular formula is C14H18ClN3O2S. The molecule has 21 heavy (non-hydrogen) atoms. The molecule has 0 saturated carbocycles. The van der Waals surface area contributed by atoms with Crippen LogP contribution in [-0.2, 0) is 12.8 Å². The lowest BCUT2D eigenvalue weighted by atomic mass is 10.0. The van der Waals surface area contributed by atoms with Gasteiger partial charge in [-0.25, -0.2) is 0 Å². The summed E-state index contributed by atoms with van der Waals surface area (Å²) in [6.07, 6.45) is 3.47. The van der Waals surface area contributed by atoms with Gasteiger partial charge in [0, 0.05) is 24.7 Å². The van der Waals surface area contributed by atoms with Gasteiger partial charge in [-0.3, -0.25) is 0 Å². The van der Waals surface area contributed by atoms with Crippen LogP contribution >= 0.6 is 24.6 Å². The van der Waals surface area contributed by atoms with Crippen LogP contribution in [0.4, 0.5) is 0 Å². The molecule has 5 nitrogen and oxygen atoms in total. The van der Waals surface area contributed by atoms with Gasteiger partial charge < -0.3 is 25.1 Å². The topological polar surface area (TPSA) is 76.2 Å². The Hall–Kier alpha value is -1.50. The number of ether oxygens (including phenoxy) is 1.